The largest absolute Gasteiger partial charge is 0.336 e. The van der Waals surface area contributed by atoms with Crippen LogP contribution in [-0.2, 0) is 0 Å². The number of benzene rings is 2. The lowest BCUT2D eigenvalue weighted by Crippen LogP contribution is -2.52. The molecule has 2 aromatic carbocycles. The first kappa shape index (κ1) is 15.9. The van der Waals surface area contributed by atoms with E-state index in [1.54, 1.807) is 6.07 Å². The van der Waals surface area contributed by atoms with Gasteiger partial charge in [0, 0.05) is 31.2 Å². The van der Waals surface area contributed by atoms with Crippen LogP contribution >= 0.6 is 0 Å². The Labute approximate surface area is 148 Å². The Morgan fingerprint density at radius 1 is 1.04 bits per heavy atom. The van der Waals surface area contributed by atoms with E-state index in [9.17, 15) is 4.79 Å². The molecular weight excluding hydrogens is 310 g/mol. The van der Waals surface area contributed by atoms with Crippen molar-refractivity contribution in [3.8, 4) is 17.2 Å². The molecule has 25 heavy (non-hydrogen) atoms. The Kier molecular flexibility index (Phi) is 4.25. The highest BCUT2D eigenvalue weighted by Crippen LogP contribution is 2.24. The molecule has 1 amide bonds. The topological polar surface area (TPSA) is 47.3 Å². The molecule has 2 fully saturated rings. The van der Waals surface area contributed by atoms with E-state index in [1.165, 1.54) is 19.4 Å². The highest BCUT2D eigenvalue weighted by atomic mass is 16.2. The Morgan fingerprint density at radius 3 is 2.68 bits per heavy atom. The standard InChI is InChI=1S/C21H21N3O/c22-14-16-3-1-4-19(13-16)17-6-8-18(9-7-17)21(25)24-12-11-23-10-2-5-20(23)15-24/h1,3-4,6-9,13,20H,2,5,10-12,15H2/t20-/m1/s1. The molecule has 0 N–H and O–H groups in total. The number of piperazine rings is 1. The van der Waals surface area contributed by atoms with Crippen LogP contribution in [0.5, 0.6) is 0 Å². The summed E-state index contributed by atoms with van der Waals surface area (Å²) in [6, 6.07) is 18.0. The number of nitriles is 1. The van der Waals surface area contributed by atoms with Crippen LogP contribution < -0.4 is 0 Å². The first-order chi connectivity index (χ1) is 12.2. The van der Waals surface area contributed by atoms with E-state index < -0.39 is 0 Å². The van der Waals surface area contributed by atoms with Crippen LogP contribution in [0.3, 0.4) is 0 Å². The van der Waals surface area contributed by atoms with Crippen molar-refractivity contribution in [1.82, 2.24) is 9.80 Å². The van der Waals surface area contributed by atoms with Gasteiger partial charge in [-0.15, -0.1) is 0 Å². The molecule has 0 unspecified atom stereocenters. The molecule has 1 atom stereocenters. The van der Waals surface area contributed by atoms with Gasteiger partial charge in [-0.3, -0.25) is 9.69 Å². The van der Waals surface area contributed by atoms with Gasteiger partial charge in [-0.05, 0) is 54.8 Å². The average molecular weight is 331 g/mol. The fourth-order valence-corrected chi connectivity index (χ4v) is 3.93. The maximum atomic E-state index is 12.8. The Morgan fingerprint density at radius 2 is 1.88 bits per heavy atom. The minimum atomic E-state index is 0.129. The van der Waals surface area contributed by atoms with Gasteiger partial charge in [-0.2, -0.15) is 5.26 Å². The predicted molar refractivity (Wildman–Crippen MR) is 97.1 cm³/mol. The monoisotopic (exact) mass is 331 g/mol. The molecule has 2 saturated heterocycles. The zero-order chi connectivity index (χ0) is 17.2. The Hall–Kier alpha value is -2.64. The molecule has 0 spiro atoms. The highest BCUT2D eigenvalue weighted by molar-refractivity contribution is 5.94. The first-order valence-electron chi connectivity index (χ1n) is 8.88. The molecule has 4 rings (SSSR count). The van der Waals surface area contributed by atoms with Crippen LogP contribution in [0.25, 0.3) is 11.1 Å². The third-order valence-corrected chi connectivity index (χ3v) is 5.33. The molecule has 4 heteroatoms. The van der Waals surface area contributed by atoms with Gasteiger partial charge in [0.25, 0.3) is 5.91 Å². The second-order valence-electron chi connectivity index (χ2n) is 6.85. The molecular formula is C21H21N3O. The lowest BCUT2D eigenvalue weighted by molar-refractivity contribution is 0.0571. The lowest BCUT2D eigenvalue weighted by atomic mass is 10.0. The second kappa shape index (κ2) is 6.70. The molecule has 2 heterocycles. The molecule has 4 nitrogen and oxygen atoms in total. The van der Waals surface area contributed by atoms with E-state index >= 15 is 0 Å². The highest BCUT2D eigenvalue weighted by Gasteiger charge is 2.32. The summed E-state index contributed by atoms with van der Waals surface area (Å²) in [5, 5.41) is 9.03. The second-order valence-corrected chi connectivity index (χ2v) is 6.85. The number of rotatable bonds is 2. The normalized spacial score (nSPS) is 20.1. The maximum absolute atomic E-state index is 12.8. The number of fused-ring (bicyclic) bond motifs is 1. The lowest BCUT2D eigenvalue weighted by Gasteiger charge is -2.37. The van der Waals surface area contributed by atoms with Crippen LogP contribution in [0.15, 0.2) is 48.5 Å². The molecule has 126 valence electrons. The van der Waals surface area contributed by atoms with Crippen molar-refractivity contribution in [3.05, 3.63) is 59.7 Å². The van der Waals surface area contributed by atoms with Gasteiger partial charge in [0.05, 0.1) is 11.6 Å². The minimum absolute atomic E-state index is 0.129. The van der Waals surface area contributed by atoms with Crippen molar-refractivity contribution in [2.24, 2.45) is 0 Å². The summed E-state index contributed by atoms with van der Waals surface area (Å²) in [4.78, 5) is 17.3. The van der Waals surface area contributed by atoms with Crippen LogP contribution in [0.2, 0.25) is 0 Å². The molecule has 2 aliphatic rings. The van der Waals surface area contributed by atoms with Crippen LogP contribution in [-0.4, -0.2) is 47.9 Å². The van der Waals surface area contributed by atoms with Crippen LogP contribution in [0.1, 0.15) is 28.8 Å². The predicted octanol–water partition coefficient (Wildman–Crippen LogP) is 3.15. The summed E-state index contributed by atoms with van der Waals surface area (Å²) < 4.78 is 0. The van der Waals surface area contributed by atoms with E-state index in [0.717, 1.165) is 36.3 Å². The molecule has 0 saturated carbocycles. The van der Waals surface area contributed by atoms with Gasteiger partial charge >= 0.3 is 0 Å². The minimum Gasteiger partial charge on any atom is -0.336 e. The quantitative estimate of drug-likeness (QED) is 0.849. The van der Waals surface area contributed by atoms with Gasteiger partial charge in [0.1, 0.15) is 0 Å². The average Bonchev–Trinajstić information content (AvgIpc) is 3.15. The molecule has 0 aromatic heterocycles. The van der Waals surface area contributed by atoms with Gasteiger partial charge in [0.15, 0.2) is 0 Å². The van der Waals surface area contributed by atoms with Gasteiger partial charge in [-0.1, -0.05) is 24.3 Å². The maximum Gasteiger partial charge on any atom is 0.253 e. The SMILES string of the molecule is N#Cc1cccc(-c2ccc(C(=O)N3CCN4CCC[C@@H]4C3)cc2)c1. The summed E-state index contributed by atoms with van der Waals surface area (Å²) in [7, 11) is 0. The van der Waals surface area contributed by atoms with E-state index in [1.807, 2.05) is 47.4 Å². The number of carbonyl (C=O) groups is 1. The fraction of sp³-hybridized carbons (Fsp3) is 0.333. The van der Waals surface area contributed by atoms with Crippen molar-refractivity contribution >= 4 is 5.91 Å². The van der Waals surface area contributed by atoms with Gasteiger partial charge < -0.3 is 4.90 Å². The summed E-state index contributed by atoms with van der Waals surface area (Å²) in [5.74, 6) is 0.129. The third-order valence-electron chi connectivity index (χ3n) is 5.33. The molecule has 0 bridgehead atoms. The molecule has 0 aliphatic carbocycles. The van der Waals surface area contributed by atoms with Crippen LogP contribution in [0, 0.1) is 11.3 Å². The third kappa shape index (κ3) is 3.16. The zero-order valence-corrected chi connectivity index (χ0v) is 14.2. The van der Waals surface area contributed by atoms with Gasteiger partial charge in [0.2, 0.25) is 0 Å². The summed E-state index contributed by atoms with van der Waals surface area (Å²) in [5.41, 5.74) is 3.41. The van der Waals surface area contributed by atoms with E-state index in [-0.39, 0.29) is 5.91 Å². The van der Waals surface area contributed by atoms with Crippen molar-refractivity contribution in [2.75, 3.05) is 26.2 Å². The number of nitrogens with zero attached hydrogens (tertiary/aromatic N) is 3. The van der Waals surface area contributed by atoms with Gasteiger partial charge in [-0.25, -0.2) is 0 Å². The van der Waals surface area contributed by atoms with E-state index in [2.05, 4.69) is 11.0 Å². The molecule has 0 radical (unpaired) electrons. The fourth-order valence-electron chi connectivity index (χ4n) is 3.93. The molecule has 2 aliphatic heterocycles. The smallest absolute Gasteiger partial charge is 0.253 e. The summed E-state index contributed by atoms with van der Waals surface area (Å²) >= 11 is 0. The Balaban J connectivity index is 1.50. The Bertz CT molecular complexity index is 822. The number of amides is 1. The number of carbonyl (C=O) groups excluding carboxylic acids is 1. The first-order valence-corrected chi connectivity index (χ1v) is 8.88. The number of hydrogen-bond donors (Lipinski definition) is 0. The van der Waals surface area contributed by atoms with Crippen molar-refractivity contribution in [2.45, 2.75) is 18.9 Å². The van der Waals surface area contributed by atoms with Crippen LogP contribution in [0.4, 0.5) is 0 Å². The molecule has 2 aromatic rings. The van der Waals surface area contributed by atoms with E-state index in [4.69, 9.17) is 5.26 Å². The summed E-state index contributed by atoms with van der Waals surface area (Å²) in [6.07, 6.45) is 2.46. The number of hydrogen-bond acceptors (Lipinski definition) is 3. The summed E-state index contributed by atoms with van der Waals surface area (Å²) in [6.45, 7) is 3.85. The van der Waals surface area contributed by atoms with E-state index in [0.29, 0.717) is 11.6 Å². The van der Waals surface area contributed by atoms with Crippen molar-refractivity contribution in [1.29, 1.82) is 5.26 Å². The van der Waals surface area contributed by atoms with Crippen molar-refractivity contribution in [3.63, 3.8) is 0 Å². The zero-order valence-electron chi connectivity index (χ0n) is 14.2. The van der Waals surface area contributed by atoms with Crippen molar-refractivity contribution < 1.29 is 4.79 Å².